The van der Waals surface area contributed by atoms with E-state index >= 15 is 0 Å². The molecular weight excluding hydrogens is 219 g/mol. The van der Waals surface area contributed by atoms with Crippen molar-refractivity contribution in [1.29, 1.82) is 0 Å². The summed E-state index contributed by atoms with van der Waals surface area (Å²) in [5.41, 5.74) is -0.361. The van der Waals surface area contributed by atoms with E-state index in [2.05, 4.69) is 13.8 Å². The van der Waals surface area contributed by atoms with Gasteiger partial charge in [-0.3, -0.25) is 0 Å². The molecule has 0 spiro atoms. The lowest BCUT2D eigenvalue weighted by atomic mass is 10.2. The Morgan fingerprint density at radius 1 is 0.882 bits per heavy atom. The first-order chi connectivity index (χ1) is 7.99. The zero-order valence-electron chi connectivity index (χ0n) is 12.0. The highest BCUT2D eigenvalue weighted by Crippen LogP contribution is 2.09. The van der Waals surface area contributed by atoms with E-state index < -0.39 is 7.32 Å². The molecule has 0 saturated carbocycles. The molecule has 0 heterocycles. The molecule has 0 aromatic carbocycles. The SMILES string of the molecule is CCCCOB(OCCCC)OOC(C)(C)C. The summed E-state index contributed by atoms with van der Waals surface area (Å²) in [6.07, 6.45) is 4.16. The summed E-state index contributed by atoms with van der Waals surface area (Å²) in [5.74, 6) is 0. The molecule has 4 nitrogen and oxygen atoms in total. The first-order valence-electron chi connectivity index (χ1n) is 6.57. The van der Waals surface area contributed by atoms with Crippen molar-refractivity contribution in [1.82, 2.24) is 0 Å². The van der Waals surface area contributed by atoms with Crippen molar-refractivity contribution >= 4 is 7.32 Å². The van der Waals surface area contributed by atoms with Crippen LogP contribution in [0.1, 0.15) is 60.3 Å². The molecule has 0 saturated heterocycles. The molecular formula is C12H27BO4. The van der Waals surface area contributed by atoms with Crippen molar-refractivity contribution in [2.24, 2.45) is 0 Å². The van der Waals surface area contributed by atoms with E-state index in [4.69, 9.17) is 19.0 Å². The molecule has 0 aliphatic carbocycles. The van der Waals surface area contributed by atoms with Crippen LogP contribution in [0.4, 0.5) is 0 Å². The van der Waals surface area contributed by atoms with Crippen LogP contribution in [0.15, 0.2) is 0 Å². The highest BCUT2D eigenvalue weighted by Gasteiger charge is 2.25. The Kier molecular flexibility index (Phi) is 9.83. The Morgan fingerprint density at radius 3 is 1.71 bits per heavy atom. The average Bonchev–Trinajstić information content (AvgIpc) is 2.24. The summed E-state index contributed by atoms with van der Waals surface area (Å²) in [5, 5.41) is 0. The van der Waals surface area contributed by atoms with E-state index in [1.54, 1.807) is 0 Å². The fourth-order valence-corrected chi connectivity index (χ4v) is 0.935. The third-order valence-corrected chi connectivity index (χ3v) is 1.88. The lowest BCUT2D eigenvalue weighted by Crippen LogP contribution is -2.32. The van der Waals surface area contributed by atoms with E-state index in [9.17, 15) is 0 Å². The first kappa shape index (κ1) is 16.9. The van der Waals surface area contributed by atoms with E-state index in [1.807, 2.05) is 20.8 Å². The molecule has 0 aliphatic heterocycles. The summed E-state index contributed by atoms with van der Waals surface area (Å²) in [6.45, 7) is 11.2. The molecule has 0 fully saturated rings. The molecule has 5 heteroatoms. The standard InChI is InChI=1S/C12H27BO4/c1-6-8-10-14-13(15-11-9-7-2)17-16-12(3,4)5/h6-11H2,1-5H3. The van der Waals surface area contributed by atoms with Crippen LogP contribution in [0.2, 0.25) is 0 Å². The van der Waals surface area contributed by atoms with Gasteiger partial charge in [0.1, 0.15) is 0 Å². The summed E-state index contributed by atoms with van der Waals surface area (Å²) in [6, 6.07) is 0. The van der Waals surface area contributed by atoms with Crippen LogP contribution in [0.25, 0.3) is 0 Å². The van der Waals surface area contributed by atoms with Crippen molar-refractivity contribution in [3.05, 3.63) is 0 Å². The summed E-state index contributed by atoms with van der Waals surface area (Å²) < 4.78 is 10.9. The maximum atomic E-state index is 5.46. The minimum Gasteiger partial charge on any atom is -0.384 e. The Balaban J connectivity index is 3.83. The van der Waals surface area contributed by atoms with Gasteiger partial charge in [-0.05, 0) is 33.6 Å². The van der Waals surface area contributed by atoms with Gasteiger partial charge in [-0.2, -0.15) is 0 Å². The fourth-order valence-electron chi connectivity index (χ4n) is 0.935. The molecule has 17 heavy (non-hydrogen) atoms. The molecule has 0 aliphatic rings. The molecule has 0 bridgehead atoms. The van der Waals surface area contributed by atoms with E-state index in [1.165, 1.54) is 0 Å². The monoisotopic (exact) mass is 246 g/mol. The van der Waals surface area contributed by atoms with E-state index in [0.717, 1.165) is 25.7 Å². The second-order valence-corrected chi connectivity index (χ2v) is 5.03. The van der Waals surface area contributed by atoms with E-state index in [0.29, 0.717) is 13.2 Å². The van der Waals surface area contributed by atoms with Crippen LogP contribution in [-0.2, 0) is 19.0 Å². The Morgan fingerprint density at radius 2 is 1.35 bits per heavy atom. The predicted octanol–water partition coefficient (Wildman–Crippen LogP) is 3.35. The molecule has 0 amide bonds. The Labute approximate surface area is 106 Å². The molecule has 0 atom stereocenters. The van der Waals surface area contributed by atoms with Gasteiger partial charge in [0, 0.05) is 13.2 Å². The highest BCUT2D eigenvalue weighted by molar-refractivity contribution is 6.35. The van der Waals surface area contributed by atoms with Gasteiger partial charge in [0.2, 0.25) is 0 Å². The van der Waals surface area contributed by atoms with Crippen molar-refractivity contribution in [2.75, 3.05) is 13.2 Å². The molecule has 0 unspecified atom stereocenters. The molecule has 0 aromatic heterocycles. The van der Waals surface area contributed by atoms with Gasteiger partial charge in [-0.25, -0.2) is 9.69 Å². The minimum absolute atomic E-state index is 0.361. The highest BCUT2D eigenvalue weighted by atomic mass is 17.2. The first-order valence-corrected chi connectivity index (χ1v) is 6.57. The fraction of sp³-hybridized carbons (Fsp3) is 1.00. The van der Waals surface area contributed by atoms with Gasteiger partial charge in [0.15, 0.2) is 0 Å². The van der Waals surface area contributed by atoms with Gasteiger partial charge in [-0.15, -0.1) is 0 Å². The Bertz CT molecular complexity index is 160. The summed E-state index contributed by atoms with van der Waals surface area (Å²) in [4.78, 5) is 10.4. The van der Waals surface area contributed by atoms with Crippen LogP contribution in [0.5, 0.6) is 0 Å². The molecule has 0 rings (SSSR count). The van der Waals surface area contributed by atoms with Gasteiger partial charge in [0.25, 0.3) is 0 Å². The molecule has 0 N–H and O–H groups in total. The van der Waals surface area contributed by atoms with Crippen molar-refractivity contribution in [3.8, 4) is 0 Å². The van der Waals surface area contributed by atoms with Crippen molar-refractivity contribution in [2.45, 2.75) is 65.9 Å². The summed E-state index contributed by atoms with van der Waals surface area (Å²) in [7, 11) is -0.715. The molecule has 102 valence electrons. The van der Waals surface area contributed by atoms with Crippen molar-refractivity contribution in [3.63, 3.8) is 0 Å². The maximum absolute atomic E-state index is 5.46. The van der Waals surface area contributed by atoms with E-state index in [-0.39, 0.29) is 5.60 Å². The van der Waals surface area contributed by atoms with Crippen LogP contribution in [-0.4, -0.2) is 26.1 Å². The largest absolute Gasteiger partial charge is 0.668 e. The zero-order valence-corrected chi connectivity index (χ0v) is 12.0. The predicted molar refractivity (Wildman–Crippen MR) is 69.4 cm³/mol. The van der Waals surface area contributed by atoms with Crippen LogP contribution in [0, 0.1) is 0 Å². The lowest BCUT2D eigenvalue weighted by Gasteiger charge is -2.20. The second kappa shape index (κ2) is 9.89. The van der Waals surface area contributed by atoms with Gasteiger partial charge >= 0.3 is 7.32 Å². The van der Waals surface area contributed by atoms with Crippen LogP contribution < -0.4 is 0 Å². The zero-order chi connectivity index (χ0) is 13.1. The van der Waals surface area contributed by atoms with Crippen LogP contribution >= 0.6 is 0 Å². The average molecular weight is 246 g/mol. The number of rotatable bonds is 10. The normalized spacial score (nSPS) is 11.8. The topological polar surface area (TPSA) is 36.9 Å². The minimum atomic E-state index is -0.715. The number of unbranched alkanes of at least 4 members (excludes halogenated alkanes) is 2. The number of hydrogen-bond acceptors (Lipinski definition) is 4. The Hall–Kier alpha value is -0.0951. The molecule has 0 aromatic rings. The summed E-state index contributed by atoms with van der Waals surface area (Å²) >= 11 is 0. The van der Waals surface area contributed by atoms with Gasteiger partial charge in [0.05, 0.1) is 5.60 Å². The van der Waals surface area contributed by atoms with Crippen molar-refractivity contribution < 1.29 is 19.0 Å². The van der Waals surface area contributed by atoms with Crippen LogP contribution in [0.3, 0.4) is 0 Å². The quantitative estimate of drug-likeness (QED) is 0.256. The third kappa shape index (κ3) is 12.2. The molecule has 0 radical (unpaired) electrons. The lowest BCUT2D eigenvalue weighted by molar-refractivity contribution is -0.301. The third-order valence-electron chi connectivity index (χ3n) is 1.88. The maximum Gasteiger partial charge on any atom is 0.668 e. The second-order valence-electron chi connectivity index (χ2n) is 5.03. The number of hydrogen-bond donors (Lipinski definition) is 0. The van der Waals surface area contributed by atoms with Gasteiger partial charge < -0.3 is 9.31 Å². The smallest absolute Gasteiger partial charge is 0.384 e. The van der Waals surface area contributed by atoms with Gasteiger partial charge in [-0.1, -0.05) is 26.7 Å².